The molecule has 40 heavy (non-hydrogen) atoms. The summed E-state index contributed by atoms with van der Waals surface area (Å²) in [6, 6.07) is 10.8. The summed E-state index contributed by atoms with van der Waals surface area (Å²) < 4.78 is 40.2. The van der Waals surface area contributed by atoms with Gasteiger partial charge in [0.1, 0.15) is 0 Å². The summed E-state index contributed by atoms with van der Waals surface area (Å²) in [4.78, 5) is 43.3. The number of nitrogens with zero attached hydrogens (tertiary/aromatic N) is 4. The Bertz CT molecular complexity index is 1600. The van der Waals surface area contributed by atoms with Gasteiger partial charge in [-0.2, -0.15) is 9.30 Å². The number of piperazine rings is 1. The highest BCUT2D eigenvalue weighted by Gasteiger charge is 2.30. The molecule has 4 rings (SSSR count). The number of sulfonamides is 1. The van der Waals surface area contributed by atoms with E-state index in [2.05, 4.69) is 11.6 Å². The van der Waals surface area contributed by atoms with Crippen LogP contribution in [0.2, 0.25) is 0 Å². The fraction of sp³-hybridized carbons (Fsp3) is 0.333. The Morgan fingerprint density at radius 2 is 1.62 bits per heavy atom. The van der Waals surface area contributed by atoms with Crippen molar-refractivity contribution in [3.05, 3.63) is 71.0 Å². The van der Waals surface area contributed by atoms with Crippen LogP contribution in [0.4, 0.5) is 4.79 Å². The molecule has 0 unspecified atom stereocenters. The van der Waals surface area contributed by atoms with Crippen molar-refractivity contribution < 1.29 is 32.3 Å². The van der Waals surface area contributed by atoms with Gasteiger partial charge in [0.15, 0.2) is 4.80 Å². The van der Waals surface area contributed by atoms with Crippen molar-refractivity contribution in [2.24, 2.45) is 4.99 Å². The minimum Gasteiger partial charge on any atom is -0.462 e. The first kappa shape index (κ1) is 29.2. The number of hydrogen-bond donors (Lipinski definition) is 0. The van der Waals surface area contributed by atoms with Gasteiger partial charge in [0.05, 0.1) is 33.9 Å². The van der Waals surface area contributed by atoms with E-state index in [1.807, 2.05) is 4.57 Å². The molecule has 2 heterocycles. The van der Waals surface area contributed by atoms with Gasteiger partial charge < -0.3 is 18.9 Å². The molecule has 0 radical (unpaired) electrons. The first-order valence-corrected chi connectivity index (χ1v) is 15.0. The molecule has 0 bridgehead atoms. The van der Waals surface area contributed by atoms with Crippen molar-refractivity contribution in [2.75, 3.05) is 39.4 Å². The zero-order valence-corrected chi connectivity index (χ0v) is 23.9. The molecule has 0 spiro atoms. The maximum atomic E-state index is 13.1. The highest BCUT2D eigenvalue weighted by atomic mass is 32.2. The molecule has 212 valence electrons. The van der Waals surface area contributed by atoms with E-state index in [0.717, 1.165) is 10.2 Å². The zero-order valence-electron chi connectivity index (χ0n) is 22.2. The van der Waals surface area contributed by atoms with Gasteiger partial charge in [0, 0.05) is 38.3 Å². The molecule has 0 N–H and O–H groups in total. The number of aromatic nitrogens is 1. The number of carbonyl (C=O) groups is 3. The number of ether oxygens (including phenoxy) is 2. The predicted molar refractivity (Wildman–Crippen MR) is 150 cm³/mol. The average molecular weight is 587 g/mol. The maximum Gasteiger partial charge on any atom is 0.409 e. The van der Waals surface area contributed by atoms with Gasteiger partial charge in [-0.3, -0.25) is 4.79 Å². The third kappa shape index (κ3) is 6.16. The number of amides is 2. The van der Waals surface area contributed by atoms with Gasteiger partial charge in [-0.1, -0.05) is 17.4 Å². The molecule has 0 saturated carbocycles. The van der Waals surface area contributed by atoms with Crippen molar-refractivity contribution in [2.45, 2.75) is 25.3 Å². The number of thiazole rings is 1. The Hall–Kier alpha value is -3.81. The molecule has 13 heteroatoms. The average Bonchev–Trinajstić information content (AvgIpc) is 3.29. The fourth-order valence-electron chi connectivity index (χ4n) is 4.20. The molecule has 0 aliphatic carbocycles. The van der Waals surface area contributed by atoms with Gasteiger partial charge >= 0.3 is 12.1 Å². The lowest BCUT2D eigenvalue weighted by molar-refractivity contribution is 0.0526. The van der Waals surface area contributed by atoms with Crippen LogP contribution in [-0.2, 0) is 26.0 Å². The number of fused-ring (bicyclic) bond motifs is 1. The second-order valence-electron chi connectivity index (χ2n) is 8.72. The minimum absolute atomic E-state index is 0.0451. The predicted octanol–water partition coefficient (Wildman–Crippen LogP) is 3.27. The molecule has 3 aromatic rings. The largest absolute Gasteiger partial charge is 0.462 e. The molecular weight excluding hydrogens is 556 g/mol. The molecule has 2 aromatic carbocycles. The third-order valence-corrected chi connectivity index (χ3v) is 9.16. The molecule has 1 fully saturated rings. The summed E-state index contributed by atoms with van der Waals surface area (Å²) in [5.74, 6) is -0.972. The standard InChI is InChI=1S/C27H30N4O7S2/c1-4-13-31-22-12-9-20(25(33)37-5-2)18-23(22)39-26(31)28-24(32)19-7-10-21(11-8-19)40(35,36)30-16-14-29(15-17-30)27(34)38-6-3/h4,7-12,18H,1,5-6,13-17H2,2-3H3. The zero-order chi connectivity index (χ0) is 28.9. The molecular formula is C27H30N4O7S2. The van der Waals surface area contributed by atoms with Crippen LogP contribution in [0.1, 0.15) is 34.6 Å². The Kier molecular flexibility index (Phi) is 9.17. The number of carbonyl (C=O) groups excluding carboxylic acids is 3. The lowest BCUT2D eigenvalue weighted by Crippen LogP contribution is -2.50. The monoisotopic (exact) mass is 586 g/mol. The normalized spacial score (nSPS) is 14.8. The third-order valence-electron chi connectivity index (χ3n) is 6.21. The lowest BCUT2D eigenvalue weighted by atomic mass is 10.2. The number of rotatable bonds is 8. The van der Waals surface area contributed by atoms with Crippen LogP contribution in [0.25, 0.3) is 10.2 Å². The van der Waals surface area contributed by atoms with Crippen LogP contribution in [-0.4, -0.2) is 79.6 Å². The van der Waals surface area contributed by atoms with Crippen molar-refractivity contribution in [3.63, 3.8) is 0 Å². The quantitative estimate of drug-likeness (QED) is 0.293. The van der Waals surface area contributed by atoms with Gasteiger partial charge in [-0.05, 0) is 56.3 Å². The summed E-state index contributed by atoms with van der Waals surface area (Å²) in [6.45, 7) is 8.89. The highest BCUT2D eigenvalue weighted by Crippen LogP contribution is 2.21. The van der Waals surface area contributed by atoms with E-state index in [4.69, 9.17) is 9.47 Å². The Labute approximate surface area is 236 Å². The summed E-state index contributed by atoms with van der Waals surface area (Å²) >= 11 is 1.25. The van der Waals surface area contributed by atoms with E-state index in [9.17, 15) is 22.8 Å². The SMILES string of the molecule is C=CCn1c(=NC(=O)c2ccc(S(=O)(=O)N3CCN(C(=O)OCC)CC3)cc2)sc2cc(C(=O)OCC)ccc21. The van der Waals surface area contributed by atoms with Gasteiger partial charge in [0.2, 0.25) is 10.0 Å². The van der Waals surface area contributed by atoms with E-state index < -0.39 is 28.0 Å². The van der Waals surface area contributed by atoms with Gasteiger partial charge in [-0.25, -0.2) is 18.0 Å². The minimum atomic E-state index is -3.81. The van der Waals surface area contributed by atoms with Crippen molar-refractivity contribution in [1.82, 2.24) is 13.8 Å². The highest BCUT2D eigenvalue weighted by molar-refractivity contribution is 7.89. The number of hydrogen-bond acceptors (Lipinski definition) is 8. The molecule has 1 aromatic heterocycles. The smallest absolute Gasteiger partial charge is 0.409 e. The summed E-state index contributed by atoms with van der Waals surface area (Å²) in [5.41, 5.74) is 1.41. The lowest BCUT2D eigenvalue weighted by Gasteiger charge is -2.33. The summed E-state index contributed by atoms with van der Waals surface area (Å²) in [5, 5.41) is 0. The van der Waals surface area contributed by atoms with Crippen LogP contribution in [0.3, 0.4) is 0 Å². The maximum absolute atomic E-state index is 13.1. The summed E-state index contributed by atoms with van der Waals surface area (Å²) in [7, 11) is -3.81. The second kappa shape index (κ2) is 12.6. The number of benzene rings is 2. The second-order valence-corrected chi connectivity index (χ2v) is 11.7. The number of esters is 1. The Morgan fingerprint density at radius 3 is 2.25 bits per heavy atom. The first-order valence-electron chi connectivity index (χ1n) is 12.7. The van der Waals surface area contributed by atoms with Crippen molar-refractivity contribution in [3.8, 4) is 0 Å². The van der Waals surface area contributed by atoms with Crippen molar-refractivity contribution in [1.29, 1.82) is 0 Å². The fourth-order valence-corrected chi connectivity index (χ4v) is 6.70. The van der Waals surface area contributed by atoms with E-state index in [1.54, 1.807) is 38.1 Å². The van der Waals surface area contributed by atoms with Crippen LogP contribution in [0.5, 0.6) is 0 Å². The first-order chi connectivity index (χ1) is 19.2. The van der Waals surface area contributed by atoms with Crippen molar-refractivity contribution >= 4 is 49.5 Å². The van der Waals surface area contributed by atoms with Crippen LogP contribution in [0, 0.1) is 0 Å². The van der Waals surface area contributed by atoms with Gasteiger partial charge in [0.25, 0.3) is 5.91 Å². The molecule has 2 amide bonds. The Balaban J connectivity index is 1.55. The molecule has 11 nitrogen and oxygen atoms in total. The molecule has 0 atom stereocenters. The van der Waals surface area contributed by atoms with Gasteiger partial charge in [-0.15, -0.1) is 6.58 Å². The summed E-state index contributed by atoms with van der Waals surface area (Å²) in [6.07, 6.45) is 1.22. The van der Waals surface area contributed by atoms with E-state index in [1.165, 1.54) is 44.8 Å². The van der Waals surface area contributed by atoms with E-state index in [0.29, 0.717) is 16.9 Å². The Morgan fingerprint density at radius 1 is 0.975 bits per heavy atom. The molecule has 1 saturated heterocycles. The molecule has 1 aliphatic rings. The number of allylic oxidation sites excluding steroid dienone is 1. The molecule has 1 aliphatic heterocycles. The van der Waals surface area contributed by atoms with E-state index >= 15 is 0 Å². The van der Waals surface area contributed by atoms with Crippen LogP contribution < -0.4 is 4.80 Å². The van der Waals surface area contributed by atoms with Crippen LogP contribution >= 0.6 is 11.3 Å². The van der Waals surface area contributed by atoms with E-state index in [-0.39, 0.29) is 49.9 Å². The van der Waals surface area contributed by atoms with Crippen LogP contribution in [0.15, 0.2) is 65.0 Å². The topological polar surface area (TPSA) is 128 Å².